The number of anilines is 1. The molecule has 2 aliphatic rings. The van der Waals surface area contributed by atoms with Crippen molar-refractivity contribution in [3.8, 4) is 0 Å². The van der Waals surface area contributed by atoms with Crippen LogP contribution in [0.4, 0.5) is 5.82 Å². The minimum atomic E-state index is 0.287. The molecular formula is C18H23ClN4O. The Bertz CT molecular complexity index is 717. The molecule has 3 heterocycles. The van der Waals surface area contributed by atoms with Crippen molar-refractivity contribution in [3.63, 3.8) is 0 Å². The number of halogens is 1. The Morgan fingerprint density at radius 1 is 1.12 bits per heavy atom. The number of likely N-dealkylation sites (tertiary alicyclic amines) is 1. The van der Waals surface area contributed by atoms with E-state index in [0.29, 0.717) is 12.1 Å². The fourth-order valence-electron chi connectivity index (χ4n) is 4.21. The van der Waals surface area contributed by atoms with Gasteiger partial charge in [0, 0.05) is 35.6 Å². The zero-order valence-corrected chi connectivity index (χ0v) is 14.5. The normalized spacial score (nSPS) is 23.2. The maximum atomic E-state index is 9.56. The van der Waals surface area contributed by atoms with E-state index in [1.807, 2.05) is 18.2 Å². The first kappa shape index (κ1) is 16.1. The van der Waals surface area contributed by atoms with E-state index in [0.717, 1.165) is 60.6 Å². The van der Waals surface area contributed by atoms with E-state index in [1.165, 1.54) is 6.42 Å². The third kappa shape index (κ3) is 2.96. The molecule has 1 atom stereocenters. The van der Waals surface area contributed by atoms with Crippen LogP contribution < -0.4 is 4.90 Å². The first-order chi connectivity index (χ1) is 11.8. The Balaban J connectivity index is 1.51. The van der Waals surface area contributed by atoms with Gasteiger partial charge in [0.15, 0.2) is 0 Å². The molecule has 1 aromatic carbocycles. The lowest BCUT2D eigenvalue weighted by Crippen LogP contribution is -2.47. The fourth-order valence-corrected chi connectivity index (χ4v) is 4.38. The molecule has 5 nitrogen and oxygen atoms in total. The molecule has 0 bridgehead atoms. The second-order valence-corrected chi connectivity index (χ2v) is 7.23. The van der Waals surface area contributed by atoms with Crippen LogP contribution in [0, 0.1) is 0 Å². The number of piperidine rings is 1. The van der Waals surface area contributed by atoms with Gasteiger partial charge in [-0.1, -0.05) is 11.6 Å². The fraction of sp³-hybridized carbons (Fsp3) is 0.556. The molecular weight excluding hydrogens is 324 g/mol. The zero-order chi connectivity index (χ0) is 16.5. The van der Waals surface area contributed by atoms with Crippen molar-refractivity contribution in [1.82, 2.24) is 14.9 Å². The second kappa shape index (κ2) is 6.82. The molecule has 0 radical (unpaired) electrons. The van der Waals surface area contributed by atoms with Crippen LogP contribution in [0.2, 0.25) is 5.02 Å². The van der Waals surface area contributed by atoms with E-state index in [-0.39, 0.29) is 6.61 Å². The minimum absolute atomic E-state index is 0.287. The number of rotatable bonds is 3. The molecule has 128 valence electrons. The summed E-state index contributed by atoms with van der Waals surface area (Å²) in [6, 6.07) is 6.72. The number of aliphatic hydroxyl groups is 1. The Hall–Kier alpha value is -1.43. The van der Waals surface area contributed by atoms with Crippen LogP contribution in [0.1, 0.15) is 25.7 Å². The maximum absolute atomic E-state index is 9.56. The predicted octanol–water partition coefficient (Wildman–Crippen LogP) is 2.71. The summed E-state index contributed by atoms with van der Waals surface area (Å²) in [6.07, 6.45) is 6.21. The van der Waals surface area contributed by atoms with Crippen LogP contribution in [0.25, 0.3) is 10.9 Å². The SMILES string of the molecule is OCC1CCCN1C1CCN(c2ncnc3ccc(Cl)cc23)CC1. The second-order valence-electron chi connectivity index (χ2n) is 6.79. The lowest BCUT2D eigenvalue weighted by Gasteiger charge is -2.39. The van der Waals surface area contributed by atoms with Gasteiger partial charge in [0.1, 0.15) is 12.1 Å². The molecule has 0 spiro atoms. The van der Waals surface area contributed by atoms with Crippen molar-refractivity contribution in [2.24, 2.45) is 0 Å². The first-order valence-electron chi connectivity index (χ1n) is 8.78. The molecule has 1 N–H and O–H groups in total. The molecule has 2 fully saturated rings. The van der Waals surface area contributed by atoms with Gasteiger partial charge in [-0.15, -0.1) is 0 Å². The van der Waals surface area contributed by atoms with E-state index < -0.39 is 0 Å². The number of aliphatic hydroxyl groups excluding tert-OH is 1. The highest BCUT2D eigenvalue weighted by atomic mass is 35.5. The van der Waals surface area contributed by atoms with Gasteiger partial charge in [-0.25, -0.2) is 9.97 Å². The molecule has 6 heteroatoms. The summed E-state index contributed by atoms with van der Waals surface area (Å²) in [4.78, 5) is 13.7. The van der Waals surface area contributed by atoms with Crippen molar-refractivity contribution in [1.29, 1.82) is 0 Å². The first-order valence-corrected chi connectivity index (χ1v) is 9.16. The highest BCUT2D eigenvalue weighted by Gasteiger charge is 2.32. The summed E-state index contributed by atoms with van der Waals surface area (Å²) in [5.41, 5.74) is 0.936. The van der Waals surface area contributed by atoms with Gasteiger partial charge in [0.2, 0.25) is 0 Å². The molecule has 2 aromatic rings. The molecule has 4 rings (SSSR count). The molecule has 2 saturated heterocycles. The van der Waals surface area contributed by atoms with Gasteiger partial charge in [-0.3, -0.25) is 4.90 Å². The Kier molecular flexibility index (Phi) is 4.57. The van der Waals surface area contributed by atoms with E-state index >= 15 is 0 Å². The number of nitrogens with zero attached hydrogens (tertiary/aromatic N) is 4. The summed E-state index contributed by atoms with van der Waals surface area (Å²) in [6.45, 7) is 3.38. The van der Waals surface area contributed by atoms with Crippen molar-refractivity contribution < 1.29 is 5.11 Å². The smallest absolute Gasteiger partial charge is 0.139 e. The topological polar surface area (TPSA) is 52.5 Å². The zero-order valence-electron chi connectivity index (χ0n) is 13.7. The monoisotopic (exact) mass is 346 g/mol. The number of aromatic nitrogens is 2. The molecule has 0 aliphatic carbocycles. The van der Waals surface area contributed by atoms with Crippen molar-refractivity contribution in [2.45, 2.75) is 37.8 Å². The number of hydrogen-bond acceptors (Lipinski definition) is 5. The highest BCUT2D eigenvalue weighted by Crippen LogP contribution is 2.30. The van der Waals surface area contributed by atoms with Crippen LogP contribution in [-0.2, 0) is 0 Å². The lowest BCUT2D eigenvalue weighted by atomic mass is 10.0. The average molecular weight is 347 g/mol. The van der Waals surface area contributed by atoms with Gasteiger partial charge in [0.05, 0.1) is 12.1 Å². The largest absolute Gasteiger partial charge is 0.395 e. The summed E-state index contributed by atoms with van der Waals surface area (Å²) < 4.78 is 0. The van der Waals surface area contributed by atoms with Gasteiger partial charge in [-0.05, 0) is 50.4 Å². The number of benzene rings is 1. The van der Waals surface area contributed by atoms with E-state index in [1.54, 1.807) is 6.33 Å². The number of hydrogen-bond donors (Lipinski definition) is 1. The molecule has 0 saturated carbocycles. The summed E-state index contributed by atoms with van der Waals surface area (Å²) in [5, 5.41) is 11.3. The van der Waals surface area contributed by atoms with Gasteiger partial charge < -0.3 is 10.0 Å². The van der Waals surface area contributed by atoms with Crippen molar-refractivity contribution in [3.05, 3.63) is 29.5 Å². The minimum Gasteiger partial charge on any atom is -0.395 e. The molecule has 2 aliphatic heterocycles. The van der Waals surface area contributed by atoms with Gasteiger partial charge >= 0.3 is 0 Å². The van der Waals surface area contributed by atoms with E-state index in [2.05, 4.69) is 19.8 Å². The quantitative estimate of drug-likeness (QED) is 0.926. The van der Waals surface area contributed by atoms with Gasteiger partial charge in [-0.2, -0.15) is 0 Å². The van der Waals surface area contributed by atoms with Crippen LogP contribution in [0.15, 0.2) is 24.5 Å². The Labute approximate surface area is 147 Å². The number of fused-ring (bicyclic) bond motifs is 1. The van der Waals surface area contributed by atoms with Gasteiger partial charge in [0.25, 0.3) is 0 Å². The molecule has 1 unspecified atom stereocenters. The van der Waals surface area contributed by atoms with E-state index in [4.69, 9.17) is 11.6 Å². The van der Waals surface area contributed by atoms with Crippen LogP contribution in [0.5, 0.6) is 0 Å². The lowest BCUT2D eigenvalue weighted by molar-refractivity contribution is 0.105. The summed E-state index contributed by atoms with van der Waals surface area (Å²) >= 11 is 6.17. The molecule has 0 amide bonds. The molecule has 24 heavy (non-hydrogen) atoms. The van der Waals surface area contributed by atoms with E-state index in [9.17, 15) is 5.11 Å². The highest BCUT2D eigenvalue weighted by molar-refractivity contribution is 6.31. The summed E-state index contributed by atoms with van der Waals surface area (Å²) in [7, 11) is 0. The third-order valence-corrected chi connectivity index (χ3v) is 5.68. The van der Waals surface area contributed by atoms with Crippen LogP contribution in [0.3, 0.4) is 0 Å². The Morgan fingerprint density at radius 3 is 2.75 bits per heavy atom. The van der Waals surface area contributed by atoms with Crippen LogP contribution in [-0.4, -0.2) is 58.3 Å². The predicted molar refractivity (Wildman–Crippen MR) is 96.6 cm³/mol. The third-order valence-electron chi connectivity index (χ3n) is 5.44. The molecule has 1 aromatic heterocycles. The van der Waals surface area contributed by atoms with Crippen LogP contribution >= 0.6 is 11.6 Å². The average Bonchev–Trinajstić information content (AvgIpc) is 3.10. The summed E-state index contributed by atoms with van der Waals surface area (Å²) in [5.74, 6) is 0.987. The maximum Gasteiger partial charge on any atom is 0.139 e. The van der Waals surface area contributed by atoms with Crippen molar-refractivity contribution in [2.75, 3.05) is 31.1 Å². The standard InChI is InChI=1S/C18H23ClN4O/c19-13-3-4-17-16(10-13)18(21-12-20-17)22-8-5-14(6-9-22)23-7-1-2-15(23)11-24/h3-4,10,12,14-15,24H,1-2,5-9,11H2. The van der Waals surface area contributed by atoms with Crippen molar-refractivity contribution >= 4 is 28.3 Å². The Morgan fingerprint density at radius 2 is 1.96 bits per heavy atom.